The highest BCUT2D eigenvalue weighted by molar-refractivity contribution is 7.13. The molecule has 0 radical (unpaired) electrons. The first-order valence-corrected chi connectivity index (χ1v) is 8.21. The maximum absolute atomic E-state index is 11.8. The van der Waals surface area contributed by atoms with E-state index in [2.05, 4.69) is 9.97 Å². The van der Waals surface area contributed by atoms with Crippen LogP contribution < -0.4 is 0 Å². The molecule has 3 aromatic rings. The van der Waals surface area contributed by atoms with Gasteiger partial charge in [0, 0.05) is 16.5 Å². The van der Waals surface area contributed by atoms with E-state index < -0.39 is 11.9 Å². The standard InChI is InChI=1S/C18H14N2O4S/c1-23-17(21)13-9-8-12(15(19-13)11-6-4-3-5-7-11)16-20-14(10-25-16)18(22)24-2/h3-10H,1-2H3. The van der Waals surface area contributed by atoms with Crippen LogP contribution in [0.25, 0.3) is 21.8 Å². The zero-order chi connectivity index (χ0) is 17.8. The van der Waals surface area contributed by atoms with Gasteiger partial charge in [0.2, 0.25) is 0 Å². The van der Waals surface area contributed by atoms with Crippen LogP contribution in [0.4, 0.5) is 0 Å². The number of hydrogen-bond acceptors (Lipinski definition) is 7. The van der Waals surface area contributed by atoms with Gasteiger partial charge >= 0.3 is 11.9 Å². The molecule has 0 amide bonds. The number of esters is 2. The molecule has 0 spiro atoms. The Bertz CT molecular complexity index is 922. The number of carbonyl (C=O) groups is 2. The van der Waals surface area contributed by atoms with Gasteiger partial charge in [-0.2, -0.15) is 0 Å². The van der Waals surface area contributed by atoms with Gasteiger partial charge in [-0.15, -0.1) is 11.3 Å². The monoisotopic (exact) mass is 354 g/mol. The molecule has 1 aromatic carbocycles. The smallest absolute Gasteiger partial charge is 0.357 e. The molecule has 0 atom stereocenters. The molecule has 0 aliphatic carbocycles. The Balaban J connectivity index is 2.14. The molecule has 0 aliphatic heterocycles. The molecule has 0 saturated carbocycles. The molecule has 0 saturated heterocycles. The van der Waals surface area contributed by atoms with Crippen LogP contribution in [0.15, 0.2) is 47.8 Å². The number of carbonyl (C=O) groups excluding carboxylic acids is 2. The lowest BCUT2D eigenvalue weighted by Crippen LogP contribution is -2.05. The Morgan fingerprint density at radius 1 is 0.880 bits per heavy atom. The number of rotatable bonds is 4. The van der Waals surface area contributed by atoms with E-state index in [0.717, 1.165) is 11.1 Å². The lowest BCUT2D eigenvalue weighted by Gasteiger charge is -2.08. The van der Waals surface area contributed by atoms with Crippen molar-refractivity contribution in [3.8, 4) is 21.8 Å². The predicted octanol–water partition coefficient (Wildman–Crippen LogP) is 3.45. The van der Waals surface area contributed by atoms with Gasteiger partial charge in [0.1, 0.15) is 10.7 Å². The molecule has 2 heterocycles. The zero-order valence-corrected chi connectivity index (χ0v) is 14.4. The van der Waals surface area contributed by atoms with E-state index in [4.69, 9.17) is 9.47 Å². The Labute approximate surface area is 148 Å². The quantitative estimate of drug-likeness (QED) is 0.668. The minimum atomic E-state index is -0.516. The fourth-order valence-electron chi connectivity index (χ4n) is 2.26. The largest absolute Gasteiger partial charge is 0.464 e. The Morgan fingerprint density at radius 2 is 1.56 bits per heavy atom. The van der Waals surface area contributed by atoms with E-state index in [-0.39, 0.29) is 11.4 Å². The fraction of sp³-hybridized carbons (Fsp3) is 0.111. The average Bonchev–Trinajstić information content (AvgIpc) is 3.17. The molecule has 6 nitrogen and oxygen atoms in total. The molecule has 0 bridgehead atoms. The molecule has 3 rings (SSSR count). The van der Waals surface area contributed by atoms with Crippen molar-refractivity contribution in [2.75, 3.05) is 14.2 Å². The van der Waals surface area contributed by atoms with Crippen LogP contribution in [-0.4, -0.2) is 36.1 Å². The van der Waals surface area contributed by atoms with Gasteiger partial charge in [-0.3, -0.25) is 0 Å². The van der Waals surface area contributed by atoms with Crippen LogP contribution in [0.3, 0.4) is 0 Å². The lowest BCUT2D eigenvalue weighted by molar-refractivity contribution is 0.0586. The number of aromatic nitrogens is 2. The Morgan fingerprint density at radius 3 is 2.24 bits per heavy atom. The van der Waals surface area contributed by atoms with E-state index >= 15 is 0 Å². The second-order valence-corrected chi connectivity index (χ2v) is 5.84. The van der Waals surface area contributed by atoms with Crippen LogP contribution in [-0.2, 0) is 9.47 Å². The predicted molar refractivity (Wildman–Crippen MR) is 93.5 cm³/mol. The average molecular weight is 354 g/mol. The van der Waals surface area contributed by atoms with Gasteiger partial charge in [-0.1, -0.05) is 30.3 Å². The lowest BCUT2D eigenvalue weighted by atomic mass is 10.1. The van der Waals surface area contributed by atoms with Gasteiger partial charge < -0.3 is 9.47 Å². The van der Waals surface area contributed by atoms with E-state index in [1.165, 1.54) is 25.6 Å². The summed E-state index contributed by atoms with van der Waals surface area (Å²) in [5, 5.41) is 2.24. The van der Waals surface area contributed by atoms with Gasteiger partial charge in [0.25, 0.3) is 0 Å². The summed E-state index contributed by atoms with van der Waals surface area (Å²) in [4.78, 5) is 32.2. The summed E-state index contributed by atoms with van der Waals surface area (Å²) in [5.41, 5.74) is 2.58. The number of methoxy groups -OCH3 is 2. The minimum Gasteiger partial charge on any atom is -0.464 e. The van der Waals surface area contributed by atoms with Crippen molar-refractivity contribution < 1.29 is 19.1 Å². The summed E-state index contributed by atoms with van der Waals surface area (Å²) in [6.45, 7) is 0. The molecule has 0 N–H and O–H groups in total. The number of benzene rings is 1. The highest BCUT2D eigenvalue weighted by Crippen LogP contribution is 2.33. The second-order valence-electron chi connectivity index (χ2n) is 4.98. The second kappa shape index (κ2) is 7.23. The van der Waals surface area contributed by atoms with Crippen molar-refractivity contribution in [1.29, 1.82) is 0 Å². The summed E-state index contributed by atoms with van der Waals surface area (Å²) in [7, 11) is 2.62. The summed E-state index contributed by atoms with van der Waals surface area (Å²) in [6.07, 6.45) is 0. The third kappa shape index (κ3) is 3.41. The highest BCUT2D eigenvalue weighted by Gasteiger charge is 2.18. The minimum absolute atomic E-state index is 0.204. The van der Waals surface area contributed by atoms with Crippen molar-refractivity contribution in [2.24, 2.45) is 0 Å². The van der Waals surface area contributed by atoms with Crippen molar-refractivity contribution in [1.82, 2.24) is 9.97 Å². The van der Waals surface area contributed by atoms with Crippen LogP contribution in [0.5, 0.6) is 0 Å². The highest BCUT2D eigenvalue weighted by atomic mass is 32.1. The van der Waals surface area contributed by atoms with Crippen LogP contribution >= 0.6 is 11.3 Å². The molecule has 0 fully saturated rings. The van der Waals surface area contributed by atoms with Crippen LogP contribution in [0.1, 0.15) is 21.0 Å². The molecule has 2 aromatic heterocycles. The molecule has 0 unspecified atom stereocenters. The summed E-state index contributed by atoms with van der Waals surface area (Å²) >= 11 is 1.31. The molecule has 25 heavy (non-hydrogen) atoms. The van der Waals surface area contributed by atoms with Crippen molar-refractivity contribution in [2.45, 2.75) is 0 Å². The summed E-state index contributed by atoms with van der Waals surface area (Å²) in [6, 6.07) is 12.8. The van der Waals surface area contributed by atoms with Gasteiger partial charge in [-0.25, -0.2) is 19.6 Å². The van der Waals surface area contributed by atoms with E-state index in [1.807, 2.05) is 30.3 Å². The SMILES string of the molecule is COC(=O)c1csc(-c2ccc(C(=O)OC)nc2-c2ccccc2)n1. The van der Waals surface area contributed by atoms with Crippen LogP contribution in [0.2, 0.25) is 0 Å². The normalized spacial score (nSPS) is 10.3. The first-order chi connectivity index (χ1) is 12.1. The molecular weight excluding hydrogens is 340 g/mol. The topological polar surface area (TPSA) is 78.4 Å². The maximum atomic E-state index is 11.8. The number of hydrogen-bond donors (Lipinski definition) is 0. The molecular formula is C18H14N2O4S. The van der Waals surface area contributed by atoms with Crippen LogP contribution in [0, 0.1) is 0 Å². The van der Waals surface area contributed by atoms with Crippen molar-refractivity contribution >= 4 is 23.3 Å². The number of thiazole rings is 1. The third-order valence-corrected chi connectivity index (χ3v) is 4.34. The maximum Gasteiger partial charge on any atom is 0.357 e. The fourth-order valence-corrected chi connectivity index (χ4v) is 3.08. The van der Waals surface area contributed by atoms with Gasteiger partial charge in [0.15, 0.2) is 5.69 Å². The number of nitrogens with zero attached hydrogens (tertiary/aromatic N) is 2. The number of pyridine rings is 1. The van der Waals surface area contributed by atoms with Crippen molar-refractivity contribution in [3.63, 3.8) is 0 Å². The molecule has 0 aliphatic rings. The van der Waals surface area contributed by atoms with Gasteiger partial charge in [-0.05, 0) is 12.1 Å². The van der Waals surface area contributed by atoms with E-state index in [0.29, 0.717) is 10.7 Å². The molecule has 126 valence electrons. The third-order valence-electron chi connectivity index (χ3n) is 3.47. The molecule has 7 heteroatoms. The Kier molecular flexibility index (Phi) is 4.85. The van der Waals surface area contributed by atoms with E-state index in [9.17, 15) is 9.59 Å². The van der Waals surface area contributed by atoms with Gasteiger partial charge in [0.05, 0.1) is 19.9 Å². The van der Waals surface area contributed by atoms with Crippen molar-refractivity contribution in [3.05, 3.63) is 59.2 Å². The summed E-state index contributed by atoms with van der Waals surface area (Å²) < 4.78 is 9.44. The number of ether oxygens (including phenoxy) is 2. The summed E-state index contributed by atoms with van der Waals surface area (Å²) in [5.74, 6) is -1.01. The Hall–Kier alpha value is -3.06. The first-order valence-electron chi connectivity index (χ1n) is 7.33. The first kappa shape index (κ1) is 16.8. The zero-order valence-electron chi connectivity index (χ0n) is 13.6. The van der Waals surface area contributed by atoms with E-state index in [1.54, 1.807) is 17.5 Å².